The van der Waals surface area contributed by atoms with Gasteiger partial charge in [0.25, 0.3) is 0 Å². The number of hydrogen-bond donors (Lipinski definition) is 0. The van der Waals surface area contributed by atoms with E-state index in [4.69, 9.17) is 39.5 Å². The molecule has 0 bridgehead atoms. The molecule has 0 unspecified atom stereocenters. The van der Waals surface area contributed by atoms with Crippen molar-refractivity contribution < 1.29 is 13.2 Å². The van der Waals surface area contributed by atoms with Gasteiger partial charge >= 0.3 is 0 Å². The molecule has 25 heavy (non-hydrogen) atoms. The second-order valence-corrected chi connectivity index (χ2v) is 8.83. The van der Waals surface area contributed by atoms with E-state index in [-0.39, 0.29) is 16.0 Å². The van der Waals surface area contributed by atoms with Gasteiger partial charge in [0, 0.05) is 13.1 Å². The van der Waals surface area contributed by atoms with Crippen LogP contribution < -0.4 is 4.74 Å². The van der Waals surface area contributed by atoms with Gasteiger partial charge in [-0.1, -0.05) is 53.0 Å². The third-order valence-electron chi connectivity index (χ3n) is 4.06. The minimum Gasteiger partial charge on any atom is -0.487 e. The third kappa shape index (κ3) is 4.07. The molecule has 1 saturated heterocycles. The van der Waals surface area contributed by atoms with Crippen molar-refractivity contribution in [2.24, 2.45) is 0 Å². The molecule has 0 aromatic heterocycles. The molecule has 2 aromatic rings. The fourth-order valence-corrected chi connectivity index (χ4v) is 5.19. The maximum Gasteiger partial charge on any atom is 0.244 e. The first-order valence-electron chi connectivity index (χ1n) is 7.75. The molecule has 3 rings (SSSR count). The van der Waals surface area contributed by atoms with E-state index >= 15 is 0 Å². The number of sulfonamides is 1. The summed E-state index contributed by atoms with van der Waals surface area (Å²) in [6.07, 6.45) is 0.950. The predicted molar refractivity (Wildman–Crippen MR) is 100 cm³/mol. The number of para-hydroxylation sites is 1. The van der Waals surface area contributed by atoms with Crippen LogP contribution >= 0.6 is 34.8 Å². The van der Waals surface area contributed by atoms with Crippen LogP contribution in [0.25, 0.3) is 0 Å². The SMILES string of the molecule is O=S(=O)(c1ccccc1Cl)N1CCC(Oc2c(Cl)cccc2Cl)CC1. The van der Waals surface area contributed by atoms with Crippen LogP contribution in [0.1, 0.15) is 12.8 Å². The summed E-state index contributed by atoms with van der Waals surface area (Å²) < 4.78 is 32.8. The highest BCUT2D eigenvalue weighted by Crippen LogP contribution is 2.35. The Bertz CT molecular complexity index is 845. The number of hydrogen-bond acceptors (Lipinski definition) is 3. The Morgan fingerprint density at radius 3 is 2.04 bits per heavy atom. The van der Waals surface area contributed by atoms with Gasteiger partial charge in [-0.05, 0) is 37.1 Å². The maximum absolute atomic E-state index is 12.7. The van der Waals surface area contributed by atoms with Crippen LogP contribution in [0.5, 0.6) is 5.75 Å². The highest BCUT2D eigenvalue weighted by molar-refractivity contribution is 7.89. The van der Waals surface area contributed by atoms with Crippen molar-refractivity contribution in [3.63, 3.8) is 0 Å². The van der Waals surface area contributed by atoms with E-state index in [1.807, 2.05) is 0 Å². The Kier molecular flexibility index (Phi) is 5.81. The maximum atomic E-state index is 12.7. The van der Waals surface area contributed by atoms with Gasteiger partial charge in [-0.25, -0.2) is 8.42 Å². The molecular weight excluding hydrogens is 405 g/mol. The minimum atomic E-state index is -3.61. The number of benzene rings is 2. The summed E-state index contributed by atoms with van der Waals surface area (Å²) in [4.78, 5) is 0.130. The van der Waals surface area contributed by atoms with E-state index in [2.05, 4.69) is 0 Å². The summed E-state index contributed by atoms with van der Waals surface area (Å²) in [6.45, 7) is 0.695. The highest BCUT2D eigenvalue weighted by atomic mass is 35.5. The second-order valence-electron chi connectivity index (χ2n) is 5.70. The molecule has 0 aliphatic carbocycles. The lowest BCUT2D eigenvalue weighted by atomic mass is 10.1. The van der Waals surface area contributed by atoms with Gasteiger partial charge < -0.3 is 4.74 Å². The number of nitrogens with zero attached hydrogens (tertiary/aromatic N) is 1. The lowest BCUT2D eigenvalue weighted by Gasteiger charge is -2.32. The van der Waals surface area contributed by atoms with Crippen molar-refractivity contribution in [1.29, 1.82) is 0 Å². The minimum absolute atomic E-state index is 0.130. The van der Waals surface area contributed by atoms with Gasteiger partial charge in [0.05, 0.1) is 15.1 Å². The molecular formula is C17H16Cl3NO3S. The summed E-state index contributed by atoms with van der Waals surface area (Å²) in [5.41, 5.74) is 0. The van der Waals surface area contributed by atoms with Crippen LogP contribution in [0.4, 0.5) is 0 Å². The molecule has 134 valence electrons. The Morgan fingerprint density at radius 2 is 1.44 bits per heavy atom. The molecule has 0 atom stereocenters. The van der Waals surface area contributed by atoms with Crippen LogP contribution in [0.15, 0.2) is 47.4 Å². The Balaban J connectivity index is 1.69. The van der Waals surface area contributed by atoms with Crippen molar-refractivity contribution in [3.8, 4) is 5.75 Å². The molecule has 1 aliphatic heterocycles. The van der Waals surface area contributed by atoms with E-state index in [0.29, 0.717) is 41.7 Å². The largest absolute Gasteiger partial charge is 0.487 e. The molecule has 4 nitrogen and oxygen atoms in total. The summed E-state index contributed by atoms with van der Waals surface area (Å²) in [5, 5.41) is 1.11. The van der Waals surface area contributed by atoms with E-state index < -0.39 is 10.0 Å². The lowest BCUT2D eigenvalue weighted by molar-refractivity contribution is 0.135. The van der Waals surface area contributed by atoms with Crippen LogP contribution in [0.2, 0.25) is 15.1 Å². The average Bonchev–Trinajstić information content (AvgIpc) is 2.59. The Hall–Kier alpha value is -0.980. The van der Waals surface area contributed by atoms with Crippen LogP contribution in [0.3, 0.4) is 0 Å². The molecule has 1 aliphatic rings. The summed E-state index contributed by atoms with van der Waals surface area (Å²) in [6, 6.07) is 11.6. The van der Waals surface area contributed by atoms with Gasteiger partial charge in [-0.15, -0.1) is 0 Å². The molecule has 0 amide bonds. The number of rotatable bonds is 4. The van der Waals surface area contributed by atoms with Crippen LogP contribution in [-0.2, 0) is 10.0 Å². The number of piperidine rings is 1. The first-order valence-corrected chi connectivity index (χ1v) is 10.3. The molecule has 0 saturated carbocycles. The Morgan fingerprint density at radius 1 is 0.880 bits per heavy atom. The topological polar surface area (TPSA) is 46.6 Å². The zero-order valence-electron chi connectivity index (χ0n) is 13.2. The zero-order valence-corrected chi connectivity index (χ0v) is 16.2. The van der Waals surface area contributed by atoms with Crippen molar-refractivity contribution in [3.05, 3.63) is 57.5 Å². The lowest BCUT2D eigenvalue weighted by Crippen LogP contribution is -2.41. The fourth-order valence-electron chi connectivity index (χ4n) is 2.75. The molecule has 0 N–H and O–H groups in total. The van der Waals surface area contributed by atoms with Gasteiger partial charge in [0.2, 0.25) is 10.0 Å². The van der Waals surface area contributed by atoms with Crippen LogP contribution in [-0.4, -0.2) is 31.9 Å². The summed E-state index contributed by atoms with van der Waals surface area (Å²) in [7, 11) is -3.61. The number of ether oxygens (including phenoxy) is 1. The van der Waals surface area contributed by atoms with Gasteiger partial charge in [-0.2, -0.15) is 4.31 Å². The first kappa shape index (κ1) is 18.8. The predicted octanol–water partition coefficient (Wildman–Crippen LogP) is 4.88. The highest BCUT2D eigenvalue weighted by Gasteiger charge is 2.31. The quantitative estimate of drug-likeness (QED) is 0.708. The summed E-state index contributed by atoms with van der Waals surface area (Å²) in [5.74, 6) is 0.443. The molecule has 1 heterocycles. The standard InChI is InChI=1S/C17H16Cl3NO3S/c18-13-4-1-2-7-16(13)25(22,23)21-10-8-12(9-11-21)24-17-14(19)5-3-6-15(17)20/h1-7,12H,8-11H2. The van der Waals surface area contributed by atoms with Crippen molar-refractivity contribution >= 4 is 44.8 Å². The number of halogens is 3. The molecule has 0 radical (unpaired) electrons. The fraction of sp³-hybridized carbons (Fsp3) is 0.294. The monoisotopic (exact) mass is 419 g/mol. The molecule has 2 aromatic carbocycles. The smallest absolute Gasteiger partial charge is 0.244 e. The van der Waals surface area contributed by atoms with E-state index in [1.165, 1.54) is 10.4 Å². The van der Waals surface area contributed by atoms with Crippen molar-refractivity contribution in [2.75, 3.05) is 13.1 Å². The molecule has 0 spiro atoms. The van der Waals surface area contributed by atoms with Gasteiger partial charge in [-0.3, -0.25) is 0 Å². The van der Waals surface area contributed by atoms with Gasteiger partial charge in [0.15, 0.2) is 5.75 Å². The van der Waals surface area contributed by atoms with E-state index in [0.717, 1.165) is 0 Å². The molecule has 1 fully saturated rings. The second kappa shape index (κ2) is 7.72. The van der Waals surface area contributed by atoms with Gasteiger partial charge in [0.1, 0.15) is 11.0 Å². The average molecular weight is 421 g/mol. The van der Waals surface area contributed by atoms with Crippen molar-refractivity contribution in [1.82, 2.24) is 4.31 Å². The third-order valence-corrected chi connectivity index (χ3v) is 7.05. The van der Waals surface area contributed by atoms with Crippen molar-refractivity contribution in [2.45, 2.75) is 23.8 Å². The summed E-state index contributed by atoms with van der Waals surface area (Å²) >= 11 is 18.3. The van der Waals surface area contributed by atoms with E-state index in [1.54, 1.807) is 36.4 Å². The normalized spacial score (nSPS) is 16.8. The first-order chi connectivity index (χ1) is 11.9. The van der Waals surface area contributed by atoms with E-state index in [9.17, 15) is 8.42 Å². The zero-order chi connectivity index (χ0) is 18.0. The Labute approximate surface area is 162 Å². The van der Waals surface area contributed by atoms with Crippen LogP contribution in [0, 0.1) is 0 Å². The molecule has 8 heteroatoms.